The Hall–Kier alpha value is -4.21. The summed E-state index contributed by atoms with van der Waals surface area (Å²) in [5.74, 6) is -0.896. The van der Waals surface area contributed by atoms with Crippen LogP contribution in [0.15, 0.2) is 49.1 Å². The molecule has 1 saturated heterocycles. The number of imidazole rings is 1. The predicted molar refractivity (Wildman–Crippen MR) is 126 cm³/mol. The smallest absolute Gasteiger partial charge is 0.257 e. The summed E-state index contributed by atoms with van der Waals surface area (Å²) in [6.45, 7) is 9.29. The van der Waals surface area contributed by atoms with E-state index in [4.69, 9.17) is 5.73 Å². The summed E-state index contributed by atoms with van der Waals surface area (Å²) in [6, 6.07) is 5.03. The Morgan fingerprint density at radius 3 is 2.94 bits per heavy atom. The molecule has 168 valence electrons. The number of benzene rings is 1. The molecule has 4 aromatic rings. The lowest BCUT2D eigenvalue weighted by atomic mass is 10.1. The van der Waals surface area contributed by atoms with E-state index in [0.717, 1.165) is 17.9 Å². The number of nitrogen functional groups attached to an aromatic ring is 1. The Morgan fingerprint density at radius 2 is 2.15 bits per heavy atom. The Balaban J connectivity index is 1.54. The summed E-state index contributed by atoms with van der Waals surface area (Å²) in [5, 5.41) is 6.78. The summed E-state index contributed by atoms with van der Waals surface area (Å²) in [4.78, 5) is 28.0. The molecular weight excluding hydrogens is 423 g/mol. The number of fused-ring (bicyclic) bond motifs is 2. The maximum absolute atomic E-state index is 14.5. The highest BCUT2D eigenvalue weighted by atomic mass is 19.1. The molecule has 3 aromatic heterocycles. The lowest BCUT2D eigenvalue weighted by Gasteiger charge is -2.36. The van der Waals surface area contributed by atoms with Crippen molar-refractivity contribution in [2.45, 2.75) is 19.9 Å². The average molecular weight is 446 g/mol. The summed E-state index contributed by atoms with van der Waals surface area (Å²) < 4.78 is 16.0. The maximum Gasteiger partial charge on any atom is 0.257 e. The third-order valence-corrected chi connectivity index (χ3v) is 5.54. The number of pyridine rings is 1. The number of halogens is 1. The molecule has 9 nitrogen and oxygen atoms in total. The second kappa shape index (κ2) is 7.73. The predicted octanol–water partition coefficient (Wildman–Crippen LogP) is 2.87. The normalized spacial score (nSPS) is 16.3. The SMILES string of the molecule is C=C1CN(c2ccc(C(=O)Nc3cc(F)c4nc(C)cn4c3)c3nc(N)ncc23)C[C@H](C)N1. The molecular formula is C23H23FN8O. The number of hydrogen-bond acceptors (Lipinski definition) is 7. The van der Waals surface area contributed by atoms with Crippen LogP contribution >= 0.6 is 0 Å². The van der Waals surface area contributed by atoms with Crippen LogP contribution < -0.4 is 21.3 Å². The van der Waals surface area contributed by atoms with Gasteiger partial charge in [-0.1, -0.05) is 6.58 Å². The van der Waals surface area contributed by atoms with Crippen LogP contribution in [-0.2, 0) is 0 Å². The van der Waals surface area contributed by atoms with Crippen molar-refractivity contribution in [3.63, 3.8) is 0 Å². The van der Waals surface area contributed by atoms with Crippen molar-refractivity contribution >= 4 is 39.8 Å². The summed E-state index contributed by atoms with van der Waals surface area (Å²) in [6.07, 6.45) is 4.93. The monoisotopic (exact) mass is 446 g/mol. The van der Waals surface area contributed by atoms with Crippen molar-refractivity contribution in [1.29, 1.82) is 0 Å². The molecule has 1 aliphatic heterocycles. The molecule has 0 spiro atoms. The quantitative estimate of drug-likeness (QED) is 0.443. The first-order valence-corrected chi connectivity index (χ1v) is 10.5. The minimum absolute atomic E-state index is 0.0631. The van der Waals surface area contributed by atoms with Gasteiger partial charge in [0.1, 0.15) is 0 Å². The highest BCUT2D eigenvalue weighted by molar-refractivity contribution is 6.14. The zero-order valence-corrected chi connectivity index (χ0v) is 18.3. The number of piperazine rings is 1. The first kappa shape index (κ1) is 20.7. The summed E-state index contributed by atoms with van der Waals surface area (Å²) >= 11 is 0. The number of amides is 1. The van der Waals surface area contributed by atoms with E-state index in [1.807, 2.05) is 6.07 Å². The van der Waals surface area contributed by atoms with Gasteiger partial charge in [0.05, 0.1) is 29.0 Å². The van der Waals surface area contributed by atoms with Gasteiger partial charge in [0.2, 0.25) is 5.95 Å². The van der Waals surface area contributed by atoms with E-state index in [0.29, 0.717) is 34.4 Å². The number of hydrogen-bond donors (Lipinski definition) is 3. The molecule has 1 aliphatic rings. The van der Waals surface area contributed by atoms with Gasteiger partial charge in [-0.25, -0.2) is 19.3 Å². The molecule has 0 saturated carbocycles. The van der Waals surface area contributed by atoms with Crippen LogP contribution in [0.2, 0.25) is 0 Å². The molecule has 4 heterocycles. The van der Waals surface area contributed by atoms with E-state index >= 15 is 0 Å². The summed E-state index contributed by atoms with van der Waals surface area (Å²) in [5.41, 5.74) is 9.56. The van der Waals surface area contributed by atoms with Gasteiger partial charge in [0.25, 0.3) is 5.91 Å². The Labute approximate surface area is 189 Å². The van der Waals surface area contributed by atoms with Crippen LogP contribution in [0.5, 0.6) is 0 Å². The van der Waals surface area contributed by atoms with Crippen molar-refractivity contribution in [1.82, 2.24) is 24.7 Å². The van der Waals surface area contributed by atoms with Crippen LogP contribution in [0.4, 0.5) is 21.7 Å². The summed E-state index contributed by atoms with van der Waals surface area (Å²) in [7, 11) is 0. The number of carbonyl (C=O) groups is 1. The van der Waals surface area contributed by atoms with Gasteiger partial charge in [-0.05, 0) is 26.0 Å². The number of nitrogens with zero attached hydrogens (tertiary/aromatic N) is 5. The molecule has 1 atom stereocenters. The van der Waals surface area contributed by atoms with E-state index < -0.39 is 11.7 Å². The number of rotatable bonds is 3. The number of nitrogens with two attached hydrogens (primary N) is 1. The van der Waals surface area contributed by atoms with Gasteiger partial charge >= 0.3 is 0 Å². The molecule has 5 rings (SSSR count). The van der Waals surface area contributed by atoms with Crippen molar-refractivity contribution in [2.24, 2.45) is 0 Å². The van der Waals surface area contributed by atoms with Gasteiger partial charge in [-0.2, -0.15) is 0 Å². The number of anilines is 3. The molecule has 33 heavy (non-hydrogen) atoms. The lowest BCUT2D eigenvalue weighted by molar-refractivity contribution is 0.102. The number of aromatic nitrogens is 4. The molecule has 1 fully saturated rings. The largest absolute Gasteiger partial charge is 0.383 e. The van der Waals surface area contributed by atoms with Crippen molar-refractivity contribution in [2.75, 3.05) is 29.0 Å². The minimum Gasteiger partial charge on any atom is -0.383 e. The van der Waals surface area contributed by atoms with Crippen LogP contribution in [0.1, 0.15) is 23.0 Å². The van der Waals surface area contributed by atoms with E-state index in [1.54, 1.807) is 36.0 Å². The third kappa shape index (κ3) is 3.79. The van der Waals surface area contributed by atoms with Gasteiger partial charge < -0.3 is 25.7 Å². The van der Waals surface area contributed by atoms with Crippen LogP contribution in [0, 0.1) is 12.7 Å². The fourth-order valence-electron chi connectivity index (χ4n) is 4.27. The zero-order chi connectivity index (χ0) is 23.3. The standard InChI is InChI=1S/C23H23FN8O/c1-12-8-31(9-13(2)27-12)19-5-4-16(20-17(19)7-26-23(25)30-20)22(33)29-15-6-18(24)21-28-14(3)10-32(21)11-15/h4-7,10-11,13,27H,1,8-9H2,2-3H3,(H,29,33)(H2,25,26,30)/t13-/m0/s1. The number of carbonyl (C=O) groups excluding carboxylic acids is 1. The number of nitrogens with one attached hydrogen (secondary N) is 2. The topological polar surface area (TPSA) is 113 Å². The van der Waals surface area contributed by atoms with Gasteiger partial charge in [-0.3, -0.25) is 4.79 Å². The Bertz CT molecular complexity index is 1430. The first-order chi connectivity index (χ1) is 15.8. The molecule has 1 amide bonds. The van der Waals surface area contributed by atoms with Crippen LogP contribution in [-0.4, -0.2) is 44.4 Å². The van der Waals surface area contributed by atoms with Gasteiger partial charge in [0, 0.05) is 54.0 Å². The van der Waals surface area contributed by atoms with Gasteiger partial charge in [0.15, 0.2) is 11.5 Å². The lowest BCUT2D eigenvalue weighted by Crippen LogP contribution is -2.47. The number of aryl methyl sites for hydroxylation is 1. The second-order valence-corrected chi connectivity index (χ2v) is 8.30. The van der Waals surface area contributed by atoms with E-state index in [-0.39, 0.29) is 17.6 Å². The fraction of sp³-hybridized carbons (Fsp3) is 0.217. The molecule has 10 heteroatoms. The van der Waals surface area contributed by atoms with Gasteiger partial charge in [-0.15, -0.1) is 0 Å². The van der Waals surface area contributed by atoms with Crippen LogP contribution in [0.25, 0.3) is 16.6 Å². The molecule has 0 aliphatic carbocycles. The van der Waals surface area contributed by atoms with E-state index in [2.05, 4.69) is 44.0 Å². The van der Waals surface area contributed by atoms with Crippen molar-refractivity contribution in [3.05, 3.63) is 66.1 Å². The Morgan fingerprint density at radius 1 is 1.33 bits per heavy atom. The maximum atomic E-state index is 14.5. The van der Waals surface area contributed by atoms with Crippen LogP contribution in [0.3, 0.4) is 0 Å². The second-order valence-electron chi connectivity index (χ2n) is 8.30. The minimum atomic E-state index is -0.527. The molecule has 0 unspecified atom stereocenters. The van der Waals surface area contributed by atoms with Crippen molar-refractivity contribution < 1.29 is 9.18 Å². The Kier molecular flexibility index (Phi) is 4.85. The van der Waals surface area contributed by atoms with E-state index in [9.17, 15) is 9.18 Å². The molecule has 4 N–H and O–H groups in total. The first-order valence-electron chi connectivity index (χ1n) is 10.5. The average Bonchev–Trinajstić information content (AvgIpc) is 3.12. The molecule has 0 bridgehead atoms. The third-order valence-electron chi connectivity index (χ3n) is 5.54. The molecule has 0 radical (unpaired) electrons. The highest BCUT2D eigenvalue weighted by Crippen LogP contribution is 2.30. The highest BCUT2D eigenvalue weighted by Gasteiger charge is 2.23. The van der Waals surface area contributed by atoms with Crippen molar-refractivity contribution in [3.8, 4) is 0 Å². The zero-order valence-electron chi connectivity index (χ0n) is 18.3. The molecule has 1 aromatic carbocycles. The fourth-order valence-corrected chi connectivity index (χ4v) is 4.27. The van der Waals surface area contributed by atoms with E-state index in [1.165, 1.54) is 6.07 Å².